The molecule has 1 aliphatic rings. The summed E-state index contributed by atoms with van der Waals surface area (Å²) in [4.78, 5) is 62.5. The number of nitrogens with one attached hydrogen (secondary N) is 4. The van der Waals surface area contributed by atoms with Crippen molar-refractivity contribution >= 4 is 29.4 Å². The summed E-state index contributed by atoms with van der Waals surface area (Å²) in [6.07, 6.45) is 7.36. The number of ketones is 1. The molecular weight excluding hydrogens is 424 g/mol. The maximum absolute atomic E-state index is 12.7. The summed E-state index contributed by atoms with van der Waals surface area (Å²) in [5.74, 6) is -2.69. The zero-order chi connectivity index (χ0) is 25.0. The minimum absolute atomic E-state index is 0.170. The van der Waals surface area contributed by atoms with Gasteiger partial charge >= 0.3 is 0 Å². The lowest BCUT2D eigenvalue weighted by atomic mass is 9.97. The Bertz CT molecular complexity index is 736. The van der Waals surface area contributed by atoms with E-state index in [0.29, 0.717) is 18.8 Å². The summed E-state index contributed by atoms with van der Waals surface area (Å²) in [6.45, 7) is 9.66. The number of hydrogen-bond donors (Lipinski definition) is 4. The lowest BCUT2D eigenvalue weighted by Crippen LogP contribution is -2.55. The normalized spacial score (nSPS) is 25.1. The Kier molecular flexibility index (Phi) is 12.4. The minimum atomic E-state index is -1.09. The molecular formula is C24H40N4O5. The monoisotopic (exact) mass is 464 g/mol. The number of hydrogen-bond acceptors (Lipinski definition) is 5. The molecule has 9 heteroatoms. The van der Waals surface area contributed by atoms with Crippen LogP contribution in [0.1, 0.15) is 73.1 Å². The van der Waals surface area contributed by atoms with Crippen molar-refractivity contribution in [3.8, 4) is 0 Å². The van der Waals surface area contributed by atoms with Gasteiger partial charge in [0.25, 0.3) is 5.91 Å². The number of rotatable bonds is 8. The summed E-state index contributed by atoms with van der Waals surface area (Å²) < 4.78 is 0. The molecule has 0 saturated carbocycles. The third kappa shape index (κ3) is 9.75. The molecule has 33 heavy (non-hydrogen) atoms. The standard InChI is InChI=1S/C24H40N4O5/c1-6-15(3)11-8-9-13-19(29)27-18-12-10-14-25-23(32)20(16(4)7-2)28-24(33)21(30)17(5)26-22(18)31/h9,13,15-18,20H,6-8,10-12,14H2,1-5H3,(H,25,32)(H,26,31)(H,27,29)(H,28,33)/b13-9+/t15?,16?,17-,18-,20-/m0/s1. The van der Waals surface area contributed by atoms with Crippen molar-refractivity contribution in [2.45, 2.75) is 91.3 Å². The number of allylic oxidation sites excluding steroid dienone is 1. The van der Waals surface area contributed by atoms with E-state index in [0.717, 1.165) is 19.3 Å². The Labute approximate surface area is 196 Å². The molecule has 186 valence electrons. The van der Waals surface area contributed by atoms with Crippen LogP contribution in [-0.2, 0) is 24.0 Å². The van der Waals surface area contributed by atoms with Gasteiger partial charge in [-0.05, 0) is 50.5 Å². The van der Waals surface area contributed by atoms with E-state index >= 15 is 0 Å². The van der Waals surface area contributed by atoms with E-state index in [4.69, 9.17) is 0 Å². The SMILES string of the molecule is CCC(C)CC/C=C/C(=O)N[C@H]1CCCNC(=O)[C@H](C(C)CC)NC(=O)C(=O)[C@H](C)NC1=O. The Morgan fingerprint density at radius 2 is 1.79 bits per heavy atom. The smallest absolute Gasteiger partial charge is 0.290 e. The third-order valence-electron chi connectivity index (χ3n) is 6.15. The maximum atomic E-state index is 12.7. The van der Waals surface area contributed by atoms with E-state index in [1.54, 1.807) is 6.08 Å². The summed E-state index contributed by atoms with van der Waals surface area (Å²) in [5, 5.41) is 10.4. The molecule has 1 aliphatic heterocycles. The molecule has 1 saturated heterocycles. The number of carbonyl (C=O) groups excluding carboxylic acids is 5. The molecule has 0 aromatic rings. The molecule has 0 aromatic carbocycles. The first-order chi connectivity index (χ1) is 15.6. The fraction of sp³-hybridized carbons (Fsp3) is 0.708. The average molecular weight is 465 g/mol. The Hall–Kier alpha value is -2.71. The van der Waals surface area contributed by atoms with Crippen molar-refractivity contribution in [3.63, 3.8) is 0 Å². The van der Waals surface area contributed by atoms with Gasteiger partial charge in [0.15, 0.2) is 0 Å². The summed E-state index contributed by atoms with van der Waals surface area (Å²) >= 11 is 0. The highest BCUT2D eigenvalue weighted by atomic mass is 16.2. The predicted octanol–water partition coefficient (Wildman–Crippen LogP) is 1.37. The van der Waals surface area contributed by atoms with E-state index in [1.165, 1.54) is 13.0 Å². The number of amides is 4. The summed E-state index contributed by atoms with van der Waals surface area (Å²) in [5.41, 5.74) is 0. The van der Waals surface area contributed by atoms with Gasteiger partial charge in [-0.3, -0.25) is 24.0 Å². The lowest BCUT2D eigenvalue weighted by Gasteiger charge is -2.23. The second-order valence-corrected chi connectivity index (χ2v) is 8.92. The topological polar surface area (TPSA) is 133 Å². The Morgan fingerprint density at radius 1 is 1.09 bits per heavy atom. The first-order valence-electron chi connectivity index (χ1n) is 12.0. The van der Waals surface area contributed by atoms with Gasteiger partial charge in [0, 0.05) is 6.54 Å². The zero-order valence-electron chi connectivity index (χ0n) is 20.5. The first kappa shape index (κ1) is 28.3. The molecule has 2 unspecified atom stereocenters. The fourth-order valence-electron chi connectivity index (χ4n) is 3.38. The highest BCUT2D eigenvalue weighted by Crippen LogP contribution is 2.10. The van der Waals surface area contributed by atoms with Gasteiger partial charge in [0.2, 0.25) is 23.5 Å². The Balaban J connectivity index is 2.89. The summed E-state index contributed by atoms with van der Waals surface area (Å²) in [7, 11) is 0. The quantitative estimate of drug-likeness (QED) is 0.318. The third-order valence-corrected chi connectivity index (χ3v) is 6.15. The first-order valence-corrected chi connectivity index (χ1v) is 12.0. The van der Waals surface area contributed by atoms with Gasteiger partial charge in [0.1, 0.15) is 12.1 Å². The highest BCUT2D eigenvalue weighted by molar-refractivity contribution is 6.38. The molecule has 1 rings (SSSR count). The molecule has 0 aromatic heterocycles. The predicted molar refractivity (Wildman–Crippen MR) is 126 cm³/mol. The van der Waals surface area contributed by atoms with Gasteiger partial charge in [-0.1, -0.05) is 46.6 Å². The molecule has 0 aliphatic carbocycles. The molecule has 1 fully saturated rings. The van der Waals surface area contributed by atoms with Crippen molar-refractivity contribution in [2.24, 2.45) is 11.8 Å². The lowest BCUT2D eigenvalue weighted by molar-refractivity contribution is -0.141. The van der Waals surface area contributed by atoms with Crippen molar-refractivity contribution in [3.05, 3.63) is 12.2 Å². The van der Waals surface area contributed by atoms with E-state index in [-0.39, 0.29) is 24.8 Å². The van der Waals surface area contributed by atoms with E-state index in [1.807, 2.05) is 13.8 Å². The van der Waals surface area contributed by atoms with Crippen molar-refractivity contribution < 1.29 is 24.0 Å². The maximum Gasteiger partial charge on any atom is 0.290 e. The molecule has 1 heterocycles. The zero-order valence-corrected chi connectivity index (χ0v) is 20.5. The molecule has 9 nitrogen and oxygen atoms in total. The van der Waals surface area contributed by atoms with Gasteiger partial charge in [-0.2, -0.15) is 0 Å². The van der Waals surface area contributed by atoms with Crippen LogP contribution in [0.5, 0.6) is 0 Å². The fourth-order valence-corrected chi connectivity index (χ4v) is 3.38. The molecule has 0 spiro atoms. The number of carbonyl (C=O) groups is 5. The largest absolute Gasteiger partial charge is 0.354 e. The van der Waals surface area contributed by atoms with E-state index in [2.05, 4.69) is 35.1 Å². The van der Waals surface area contributed by atoms with Crippen LogP contribution in [0.2, 0.25) is 0 Å². The second-order valence-electron chi connectivity index (χ2n) is 8.92. The van der Waals surface area contributed by atoms with Crippen molar-refractivity contribution in [1.82, 2.24) is 21.3 Å². The van der Waals surface area contributed by atoms with Gasteiger partial charge in [0.05, 0.1) is 6.04 Å². The highest BCUT2D eigenvalue weighted by Gasteiger charge is 2.32. The van der Waals surface area contributed by atoms with Gasteiger partial charge in [-0.15, -0.1) is 0 Å². The Morgan fingerprint density at radius 3 is 2.42 bits per heavy atom. The van der Waals surface area contributed by atoms with Crippen LogP contribution in [0, 0.1) is 11.8 Å². The molecule has 0 radical (unpaired) electrons. The van der Waals surface area contributed by atoms with Crippen molar-refractivity contribution in [1.29, 1.82) is 0 Å². The molecule has 4 N–H and O–H groups in total. The second kappa shape index (κ2) is 14.4. The van der Waals surface area contributed by atoms with Crippen LogP contribution in [0.15, 0.2) is 12.2 Å². The van der Waals surface area contributed by atoms with Crippen LogP contribution in [0.4, 0.5) is 0 Å². The van der Waals surface area contributed by atoms with Crippen LogP contribution >= 0.6 is 0 Å². The van der Waals surface area contributed by atoms with Crippen LogP contribution < -0.4 is 21.3 Å². The van der Waals surface area contributed by atoms with Gasteiger partial charge in [-0.25, -0.2) is 0 Å². The number of Topliss-reactive ketones (excluding diaryl/α,β-unsaturated/α-hetero) is 1. The van der Waals surface area contributed by atoms with E-state index in [9.17, 15) is 24.0 Å². The van der Waals surface area contributed by atoms with Crippen LogP contribution in [0.25, 0.3) is 0 Å². The molecule has 4 amide bonds. The molecule has 0 bridgehead atoms. The van der Waals surface area contributed by atoms with Crippen LogP contribution in [-0.4, -0.2) is 54.1 Å². The molecule has 5 atom stereocenters. The summed E-state index contributed by atoms with van der Waals surface area (Å²) in [6, 6.07) is -2.83. The van der Waals surface area contributed by atoms with E-state index < -0.39 is 41.6 Å². The van der Waals surface area contributed by atoms with Gasteiger partial charge < -0.3 is 21.3 Å². The van der Waals surface area contributed by atoms with Crippen molar-refractivity contribution in [2.75, 3.05) is 6.54 Å². The average Bonchev–Trinajstić information content (AvgIpc) is 2.80. The van der Waals surface area contributed by atoms with Crippen LogP contribution in [0.3, 0.4) is 0 Å². The minimum Gasteiger partial charge on any atom is -0.354 e.